The smallest absolute Gasteiger partial charge is 0.381 e. The molecule has 0 unspecified atom stereocenters. The number of carbonyl (C=O) groups excluding carboxylic acids is 1. The fourth-order valence-corrected chi connectivity index (χ4v) is 11.1. The van der Waals surface area contributed by atoms with Crippen molar-refractivity contribution in [1.29, 1.82) is 0 Å². The number of pyridine rings is 1. The first-order chi connectivity index (χ1) is 32.2. The Labute approximate surface area is 375 Å². The molecule has 6 aromatic heterocycles. The van der Waals surface area contributed by atoms with Crippen LogP contribution in [0.3, 0.4) is 0 Å². The van der Waals surface area contributed by atoms with Crippen LogP contribution in [-0.4, -0.2) is 73.8 Å². The maximum absolute atomic E-state index is 16.5. The van der Waals surface area contributed by atoms with Gasteiger partial charge in [-0.3, -0.25) is 28.1 Å². The first-order valence-corrected chi connectivity index (χ1v) is 23.2. The number of nitrogens with zero attached hydrogens (tertiary/aromatic N) is 9. The number of rotatable bonds is 9. The van der Waals surface area contributed by atoms with Crippen LogP contribution in [0.25, 0.3) is 33.6 Å². The van der Waals surface area contributed by atoms with Gasteiger partial charge in [0, 0.05) is 61.5 Å². The predicted octanol–water partition coefficient (Wildman–Crippen LogP) is 7.71. The van der Waals surface area contributed by atoms with E-state index in [1.807, 2.05) is 39.2 Å². The lowest BCUT2D eigenvalue weighted by molar-refractivity contribution is 0.0675. The van der Waals surface area contributed by atoms with Gasteiger partial charge < -0.3 is 14.0 Å². The highest BCUT2D eigenvalue weighted by atomic mass is 19.1. The molecule has 15 nitrogen and oxygen atoms in total. The number of hydrogen-bond acceptors (Lipinski definition) is 8. The lowest BCUT2D eigenvalue weighted by atomic mass is 9.92. The van der Waals surface area contributed by atoms with Crippen molar-refractivity contribution >= 4 is 22.3 Å². The minimum absolute atomic E-state index is 0.0812. The molecule has 2 aliphatic heterocycles. The Morgan fingerprint density at radius 2 is 1.73 bits per heavy atom. The Hall–Kier alpha value is -6.88. The van der Waals surface area contributed by atoms with Crippen LogP contribution in [0.4, 0.5) is 8.78 Å². The van der Waals surface area contributed by atoms with E-state index in [0.717, 1.165) is 56.2 Å². The normalized spacial score (nSPS) is 19.7. The van der Waals surface area contributed by atoms with E-state index in [-0.39, 0.29) is 29.4 Å². The van der Waals surface area contributed by atoms with Gasteiger partial charge >= 0.3 is 11.4 Å². The van der Waals surface area contributed by atoms with Gasteiger partial charge in [-0.15, -0.1) is 0 Å². The first-order valence-electron chi connectivity index (χ1n) is 23.2. The van der Waals surface area contributed by atoms with Crippen LogP contribution in [0.5, 0.6) is 0 Å². The van der Waals surface area contributed by atoms with E-state index in [0.29, 0.717) is 95.6 Å². The standard InChI is InChI=1S/C49H46F2N10O5/c1-27-41-38(12-18-56(27)45(62)35-25-33-23-30(28-13-21-65-22-14-28)11-17-57(33)43(35)49(15-16-49)46-53-47(63)66-55-46)54-61(32-7-8-37(50)34(24-32)29-5-6-29)44(41)59-20-19-58(48(59)64)40-10-9-39-36(42(40)51)26-52-60(39)31-3-2-4-31/h7-11,17,19-20,23-29,31H,2-6,12-16,18,21-22H2,1H3,(H,53,55,63)/t27-/m0/s1. The summed E-state index contributed by atoms with van der Waals surface area (Å²) in [6.07, 6.45) is 15.0. The van der Waals surface area contributed by atoms with Crippen molar-refractivity contribution in [3.05, 3.63) is 145 Å². The van der Waals surface area contributed by atoms with E-state index in [1.165, 1.54) is 27.0 Å². The Morgan fingerprint density at radius 1 is 0.909 bits per heavy atom. The first kappa shape index (κ1) is 39.5. The van der Waals surface area contributed by atoms with Crippen LogP contribution in [0.15, 0.2) is 87.4 Å². The van der Waals surface area contributed by atoms with Gasteiger partial charge in [-0.25, -0.2) is 23.1 Å². The maximum Gasteiger partial charge on any atom is 0.438 e. The molecule has 8 aromatic rings. The number of nitrogens with one attached hydrogen (secondary N) is 1. The summed E-state index contributed by atoms with van der Waals surface area (Å²) in [4.78, 5) is 47.2. The van der Waals surface area contributed by atoms with Crippen LogP contribution in [-0.2, 0) is 16.6 Å². The van der Waals surface area contributed by atoms with E-state index in [2.05, 4.69) is 27.4 Å². The van der Waals surface area contributed by atoms with Gasteiger partial charge in [0.05, 0.1) is 57.2 Å². The minimum Gasteiger partial charge on any atom is -0.381 e. The van der Waals surface area contributed by atoms with Gasteiger partial charge in [0.15, 0.2) is 11.6 Å². The average molecular weight is 893 g/mol. The Kier molecular flexibility index (Phi) is 8.71. The van der Waals surface area contributed by atoms with Crippen molar-refractivity contribution in [1.82, 2.24) is 48.1 Å². The second-order valence-electron chi connectivity index (χ2n) is 18.9. The molecule has 8 heterocycles. The van der Waals surface area contributed by atoms with Gasteiger partial charge in [-0.05, 0) is 136 Å². The molecule has 17 heteroatoms. The van der Waals surface area contributed by atoms with Crippen molar-refractivity contribution in [2.45, 2.75) is 100 Å². The zero-order valence-electron chi connectivity index (χ0n) is 36.3. The van der Waals surface area contributed by atoms with Crippen molar-refractivity contribution in [3.63, 3.8) is 0 Å². The summed E-state index contributed by atoms with van der Waals surface area (Å²) in [5.74, 6) is -0.539. The predicted molar refractivity (Wildman–Crippen MR) is 237 cm³/mol. The number of hydrogen-bond donors (Lipinski definition) is 1. The highest BCUT2D eigenvalue weighted by Crippen LogP contribution is 2.54. The molecule has 1 atom stereocenters. The molecule has 5 aliphatic rings. The second-order valence-corrected chi connectivity index (χ2v) is 18.9. The molecular weight excluding hydrogens is 847 g/mol. The molecule has 66 heavy (non-hydrogen) atoms. The summed E-state index contributed by atoms with van der Waals surface area (Å²) in [6, 6.07) is 14.2. The molecule has 0 spiro atoms. The molecule has 3 saturated carbocycles. The average Bonchev–Trinajstić information content (AvgIpc) is 4.03. The summed E-state index contributed by atoms with van der Waals surface area (Å²) >= 11 is 0. The highest BCUT2D eigenvalue weighted by Gasteiger charge is 2.54. The second kappa shape index (κ2) is 14.6. The molecule has 336 valence electrons. The quantitative estimate of drug-likeness (QED) is 0.155. The maximum atomic E-state index is 16.5. The number of aromatic nitrogens is 9. The molecule has 13 rings (SSSR count). The van der Waals surface area contributed by atoms with Crippen LogP contribution in [0.1, 0.15) is 133 Å². The summed E-state index contributed by atoms with van der Waals surface area (Å²) < 4.78 is 50.8. The third-order valence-electron chi connectivity index (χ3n) is 15.1. The van der Waals surface area contributed by atoms with Crippen LogP contribution in [0.2, 0.25) is 0 Å². The molecule has 0 radical (unpaired) electrons. The topological polar surface area (TPSA) is 155 Å². The SMILES string of the molecule is C[C@H]1c2c(nn(-c3ccc(F)c(C4CC4)c3)c2-n2ccn(-c3ccc4c(cnn4C4CCC4)c3F)c2=O)CCN1C(=O)c1cc2cc(C3CCOCC3)ccn2c1C1(c2noc(=O)[nH]2)CC1. The number of amides is 1. The van der Waals surface area contributed by atoms with Crippen molar-refractivity contribution in [2.24, 2.45) is 0 Å². The number of benzene rings is 2. The van der Waals surface area contributed by atoms with E-state index >= 15 is 13.6 Å². The van der Waals surface area contributed by atoms with Crippen molar-refractivity contribution in [2.75, 3.05) is 19.8 Å². The van der Waals surface area contributed by atoms with E-state index in [1.54, 1.807) is 35.3 Å². The number of aromatic amines is 1. The third-order valence-corrected chi connectivity index (χ3v) is 15.1. The Bertz CT molecular complexity index is 3400. The summed E-state index contributed by atoms with van der Waals surface area (Å²) in [7, 11) is 0. The molecule has 1 saturated heterocycles. The number of ether oxygens (including phenoxy) is 1. The number of carbonyl (C=O) groups is 1. The summed E-state index contributed by atoms with van der Waals surface area (Å²) in [5, 5.41) is 14.1. The van der Waals surface area contributed by atoms with Crippen LogP contribution >= 0.6 is 0 Å². The van der Waals surface area contributed by atoms with Gasteiger partial charge in [-0.2, -0.15) is 10.2 Å². The molecule has 0 bridgehead atoms. The van der Waals surface area contributed by atoms with Crippen LogP contribution in [0, 0.1) is 11.6 Å². The number of halogens is 2. The van der Waals surface area contributed by atoms with E-state index in [4.69, 9.17) is 14.4 Å². The largest absolute Gasteiger partial charge is 0.438 e. The van der Waals surface area contributed by atoms with Crippen molar-refractivity contribution < 1.29 is 22.8 Å². The Morgan fingerprint density at radius 3 is 2.47 bits per heavy atom. The monoisotopic (exact) mass is 892 g/mol. The molecule has 1 amide bonds. The van der Waals surface area contributed by atoms with E-state index < -0.39 is 28.7 Å². The fraction of sp³-hybridized carbons (Fsp3) is 0.388. The zero-order valence-corrected chi connectivity index (χ0v) is 36.3. The number of fused-ring (bicyclic) bond motifs is 3. The zero-order chi connectivity index (χ0) is 44.6. The molecule has 4 fully saturated rings. The molecule has 3 aliphatic carbocycles. The molecule has 2 aromatic carbocycles. The highest BCUT2D eigenvalue weighted by molar-refractivity contribution is 5.98. The number of H-pyrrole nitrogens is 1. The van der Waals surface area contributed by atoms with E-state index in [9.17, 15) is 9.59 Å². The summed E-state index contributed by atoms with van der Waals surface area (Å²) in [6.45, 7) is 3.65. The molecule has 1 N–H and O–H groups in total. The molecular formula is C49H46F2N10O5. The Balaban J connectivity index is 0.939. The summed E-state index contributed by atoms with van der Waals surface area (Å²) in [5.41, 5.74) is 5.21. The van der Waals surface area contributed by atoms with Gasteiger partial charge in [0.25, 0.3) is 5.91 Å². The van der Waals surface area contributed by atoms with Crippen molar-refractivity contribution in [3.8, 4) is 17.2 Å². The van der Waals surface area contributed by atoms with Gasteiger partial charge in [-0.1, -0.05) is 5.16 Å². The fourth-order valence-electron chi connectivity index (χ4n) is 11.1. The minimum atomic E-state index is -0.754. The lowest BCUT2D eigenvalue weighted by Crippen LogP contribution is -2.40. The third kappa shape index (κ3) is 5.93. The number of imidazole rings is 1. The van der Waals surface area contributed by atoms with Gasteiger partial charge in [0.1, 0.15) is 11.6 Å². The van der Waals surface area contributed by atoms with Gasteiger partial charge in [0.2, 0.25) is 0 Å². The lowest BCUT2D eigenvalue weighted by Gasteiger charge is -2.34. The van der Waals surface area contributed by atoms with Crippen LogP contribution < -0.4 is 11.4 Å².